The quantitative estimate of drug-likeness (QED) is 0.459. The number of hydrogen-bond donors (Lipinski definition) is 2. The second kappa shape index (κ2) is 5.08. The minimum absolute atomic E-state index is 0.114. The maximum absolute atomic E-state index is 12.8. The molecular weight excluding hydrogens is 336 g/mol. The standard InChI is InChI=1S/C22H14N4O/c27-22-14-7-5-10-18-20(14)26(19-11-4-3-9-17(19)25-22)21(24-18)15-12-23-16-8-2-1-6-13(15)16/h1-12,23H,(H,25,27). The zero-order valence-electron chi connectivity index (χ0n) is 14.2. The molecule has 5 aromatic rings. The van der Waals surface area contributed by atoms with E-state index in [4.69, 9.17) is 4.98 Å². The normalized spacial score (nSPS) is 12.8. The highest BCUT2D eigenvalue weighted by Gasteiger charge is 2.26. The molecule has 128 valence electrons. The van der Waals surface area contributed by atoms with Gasteiger partial charge in [0, 0.05) is 22.7 Å². The largest absolute Gasteiger partial charge is 0.360 e. The summed E-state index contributed by atoms with van der Waals surface area (Å²) in [6.45, 7) is 0. The Labute approximate surface area is 154 Å². The first kappa shape index (κ1) is 14.3. The third-order valence-electron chi connectivity index (χ3n) is 5.14. The predicted molar refractivity (Wildman–Crippen MR) is 106 cm³/mol. The minimum Gasteiger partial charge on any atom is -0.360 e. The first-order chi connectivity index (χ1) is 13.3. The molecule has 3 heterocycles. The SMILES string of the molecule is O=C1Nc2ccccc2-n2c(-c3c[nH]c4ccccc34)nc3cccc1c32. The topological polar surface area (TPSA) is 62.7 Å². The number of nitrogens with one attached hydrogen (secondary N) is 2. The number of nitrogens with zero attached hydrogens (tertiary/aromatic N) is 2. The fourth-order valence-electron chi connectivity index (χ4n) is 3.95. The second-order valence-electron chi connectivity index (χ2n) is 6.66. The molecule has 27 heavy (non-hydrogen) atoms. The molecule has 0 radical (unpaired) electrons. The number of carbonyl (C=O) groups is 1. The Balaban J connectivity index is 1.80. The van der Waals surface area contributed by atoms with Crippen LogP contribution in [0.3, 0.4) is 0 Å². The molecule has 6 rings (SSSR count). The van der Waals surface area contributed by atoms with Crippen LogP contribution in [0.1, 0.15) is 10.4 Å². The number of imidazole rings is 1. The maximum atomic E-state index is 12.8. The summed E-state index contributed by atoms with van der Waals surface area (Å²) in [5.74, 6) is 0.705. The zero-order chi connectivity index (χ0) is 18.0. The van der Waals surface area contributed by atoms with Crippen LogP contribution in [0.4, 0.5) is 5.69 Å². The van der Waals surface area contributed by atoms with E-state index in [9.17, 15) is 4.79 Å². The maximum Gasteiger partial charge on any atom is 0.257 e. The van der Waals surface area contributed by atoms with Crippen LogP contribution in [0.2, 0.25) is 0 Å². The summed E-state index contributed by atoms with van der Waals surface area (Å²) < 4.78 is 2.09. The molecular formula is C22H14N4O. The van der Waals surface area contributed by atoms with Gasteiger partial charge in [-0.05, 0) is 30.3 Å². The van der Waals surface area contributed by atoms with Gasteiger partial charge in [-0.2, -0.15) is 0 Å². The smallest absolute Gasteiger partial charge is 0.257 e. The summed E-state index contributed by atoms with van der Waals surface area (Å²) in [6, 6.07) is 21.7. The van der Waals surface area contributed by atoms with Gasteiger partial charge in [-0.1, -0.05) is 36.4 Å². The van der Waals surface area contributed by atoms with Crippen LogP contribution in [0.25, 0.3) is 39.0 Å². The van der Waals surface area contributed by atoms with Crippen LogP contribution >= 0.6 is 0 Å². The zero-order valence-corrected chi connectivity index (χ0v) is 14.2. The highest BCUT2D eigenvalue weighted by molar-refractivity contribution is 6.15. The number of anilines is 1. The molecule has 5 heteroatoms. The predicted octanol–water partition coefficient (Wildman–Crippen LogP) is 4.74. The van der Waals surface area contributed by atoms with Crippen molar-refractivity contribution in [2.75, 3.05) is 5.32 Å². The van der Waals surface area contributed by atoms with Crippen LogP contribution in [0, 0.1) is 0 Å². The van der Waals surface area contributed by atoms with Crippen LogP contribution in [0.5, 0.6) is 0 Å². The van der Waals surface area contributed by atoms with Crippen molar-refractivity contribution in [1.82, 2.24) is 14.5 Å². The Morgan fingerprint density at radius 2 is 1.70 bits per heavy atom. The van der Waals surface area contributed by atoms with E-state index in [0.717, 1.165) is 44.7 Å². The fraction of sp³-hybridized carbons (Fsp3) is 0. The number of aromatic amines is 1. The van der Waals surface area contributed by atoms with E-state index in [2.05, 4.69) is 20.9 Å². The van der Waals surface area contributed by atoms with E-state index in [-0.39, 0.29) is 5.91 Å². The molecule has 1 aliphatic heterocycles. The Hall–Kier alpha value is -3.86. The van der Waals surface area contributed by atoms with Crippen LogP contribution in [-0.4, -0.2) is 20.4 Å². The van der Waals surface area contributed by atoms with Crippen molar-refractivity contribution in [1.29, 1.82) is 0 Å². The summed E-state index contributed by atoms with van der Waals surface area (Å²) in [5.41, 5.74) is 6.03. The average molecular weight is 350 g/mol. The molecule has 0 spiro atoms. The van der Waals surface area contributed by atoms with Crippen LogP contribution in [0.15, 0.2) is 72.9 Å². The molecule has 0 fully saturated rings. The molecule has 2 aromatic heterocycles. The first-order valence-corrected chi connectivity index (χ1v) is 8.80. The van der Waals surface area contributed by atoms with Gasteiger partial charge in [-0.15, -0.1) is 0 Å². The molecule has 2 N–H and O–H groups in total. The Morgan fingerprint density at radius 3 is 2.67 bits per heavy atom. The lowest BCUT2D eigenvalue weighted by molar-refractivity contribution is 0.102. The number of H-pyrrole nitrogens is 1. The third-order valence-corrected chi connectivity index (χ3v) is 5.14. The monoisotopic (exact) mass is 350 g/mol. The first-order valence-electron chi connectivity index (χ1n) is 8.80. The number of para-hydroxylation sites is 4. The number of aromatic nitrogens is 3. The van der Waals surface area contributed by atoms with Crippen molar-refractivity contribution in [3.05, 3.63) is 78.5 Å². The van der Waals surface area contributed by atoms with Crippen molar-refractivity contribution in [2.24, 2.45) is 0 Å². The number of rotatable bonds is 1. The highest BCUT2D eigenvalue weighted by atomic mass is 16.1. The number of amides is 1. The Kier molecular flexibility index (Phi) is 2.69. The number of carbonyl (C=O) groups excluding carboxylic acids is 1. The second-order valence-corrected chi connectivity index (χ2v) is 6.66. The van der Waals surface area contributed by atoms with Crippen LogP contribution in [-0.2, 0) is 0 Å². The molecule has 0 atom stereocenters. The molecule has 0 saturated carbocycles. The van der Waals surface area contributed by atoms with Gasteiger partial charge in [-0.3, -0.25) is 9.36 Å². The minimum atomic E-state index is -0.114. The Bertz CT molecular complexity index is 1380. The lowest BCUT2D eigenvalue weighted by Crippen LogP contribution is -2.10. The van der Waals surface area contributed by atoms with Gasteiger partial charge in [0.2, 0.25) is 0 Å². The fourth-order valence-corrected chi connectivity index (χ4v) is 3.95. The number of benzene rings is 3. The van der Waals surface area contributed by atoms with Crippen molar-refractivity contribution in [3.63, 3.8) is 0 Å². The molecule has 0 bridgehead atoms. The van der Waals surface area contributed by atoms with Gasteiger partial charge in [0.05, 0.1) is 28.0 Å². The van der Waals surface area contributed by atoms with E-state index in [1.807, 2.05) is 66.9 Å². The third kappa shape index (κ3) is 1.88. The van der Waals surface area contributed by atoms with E-state index in [1.165, 1.54) is 0 Å². The van der Waals surface area contributed by atoms with Gasteiger partial charge in [0.15, 0.2) is 0 Å². The van der Waals surface area contributed by atoms with E-state index < -0.39 is 0 Å². The molecule has 0 unspecified atom stereocenters. The van der Waals surface area contributed by atoms with Gasteiger partial charge in [-0.25, -0.2) is 4.98 Å². The summed E-state index contributed by atoms with van der Waals surface area (Å²) in [7, 11) is 0. The Morgan fingerprint density at radius 1 is 0.852 bits per heavy atom. The lowest BCUT2D eigenvalue weighted by Gasteiger charge is -2.11. The van der Waals surface area contributed by atoms with Gasteiger partial charge < -0.3 is 10.3 Å². The van der Waals surface area contributed by atoms with E-state index >= 15 is 0 Å². The molecule has 3 aromatic carbocycles. The molecule has 1 aliphatic rings. The summed E-state index contributed by atoms with van der Waals surface area (Å²) in [4.78, 5) is 21.0. The van der Waals surface area contributed by atoms with E-state index in [0.29, 0.717) is 5.56 Å². The summed E-state index contributed by atoms with van der Waals surface area (Å²) >= 11 is 0. The lowest BCUT2D eigenvalue weighted by atomic mass is 10.1. The number of fused-ring (bicyclic) bond motifs is 3. The summed E-state index contributed by atoms with van der Waals surface area (Å²) in [6.07, 6.45) is 1.98. The van der Waals surface area contributed by atoms with Crippen molar-refractivity contribution in [2.45, 2.75) is 0 Å². The molecule has 0 aliphatic carbocycles. The van der Waals surface area contributed by atoms with Gasteiger partial charge >= 0.3 is 0 Å². The van der Waals surface area contributed by atoms with Crippen LogP contribution < -0.4 is 5.32 Å². The summed E-state index contributed by atoms with van der Waals surface area (Å²) in [5, 5.41) is 4.13. The van der Waals surface area contributed by atoms with Crippen molar-refractivity contribution < 1.29 is 4.79 Å². The van der Waals surface area contributed by atoms with Gasteiger partial charge in [0.25, 0.3) is 5.91 Å². The molecule has 0 saturated heterocycles. The van der Waals surface area contributed by atoms with Crippen molar-refractivity contribution in [3.8, 4) is 17.1 Å². The van der Waals surface area contributed by atoms with Crippen molar-refractivity contribution >= 4 is 33.5 Å². The highest BCUT2D eigenvalue weighted by Crippen LogP contribution is 2.38. The molecule has 5 nitrogen and oxygen atoms in total. The van der Waals surface area contributed by atoms with E-state index in [1.54, 1.807) is 0 Å². The average Bonchev–Trinajstić information content (AvgIpc) is 3.25. The molecule has 1 amide bonds. The van der Waals surface area contributed by atoms with Gasteiger partial charge in [0.1, 0.15) is 5.82 Å². The number of hydrogen-bond acceptors (Lipinski definition) is 2.